The van der Waals surface area contributed by atoms with Gasteiger partial charge in [-0.3, -0.25) is 0 Å². The van der Waals surface area contributed by atoms with Gasteiger partial charge in [-0.2, -0.15) is 0 Å². The van der Waals surface area contributed by atoms with Gasteiger partial charge in [-0.05, 0) is 85.6 Å². The van der Waals surface area contributed by atoms with Crippen molar-refractivity contribution in [2.75, 3.05) is 0 Å². The second-order valence-corrected chi connectivity index (χ2v) is 10.9. The third kappa shape index (κ3) is 3.24. The highest BCUT2D eigenvalue weighted by molar-refractivity contribution is 6.17. The van der Waals surface area contributed by atoms with Crippen molar-refractivity contribution in [1.82, 2.24) is 4.57 Å². The van der Waals surface area contributed by atoms with Gasteiger partial charge in [0.05, 0.1) is 11.0 Å². The zero-order chi connectivity index (χ0) is 26.9. The van der Waals surface area contributed by atoms with Gasteiger partial charge in [0.2, 0.25) is 0 Å². The summed E-state index contributed by atoms with van der Waals surface area (Å²) >= 11 is 0. The summed E-state index contributed by atoms with van der Waals surface area (Å²) in [5.41, 5.74) is 14.0. The van der Waals surface area contributed by atoms with Crippen molar-refractivity contribution >= 4 is 32.6 Å². The summed E-state index contributed by atoms with van der Waals surface area (Å²) in [6, 6.07) is 55.4. The van der Waals surface area contributed by atoms with E-state index in [-0.39, 0.29) is 0 Å². The number of hydrogen-bond acceptors (Lipinski definition) is 0. The largest absolute Gasteiger partial charge is 0.309 e. The highest BCUT2D eigenvalue weighted by Crippen LogP contribution is 2.48. The smallest absolute Gasteiger partial charge is 0.0547 e. The molecule has 0 saturated heterocycles. The number of hydrogen-bond donors (Lipinski definition) is 0. The number of benzene rings is 7. The molecule has 1 aliphatic carbocycles. The van der Waals surface area contributed by atoms with Gasteiger partial charge in [0.25, 0.3) is 0 Å². The molecule has 41 heavy (non-hydrogen) atoms. The summed E-state index contributed by atoms with van der Waals surface area (Å²) in [4.78, 5) is 0. The summed E-state index contributed by atoms with van der Waals surface area (Å²) < 4.78 is 2.38. The first-order valence-electron chi connectivity index (χ1n) is 14.2. The fourth-order valence-electron chi connectivity index (χ4n) is 6.93. The Balaban J connectivity index is 1.17. The Bertz CT molecular complexity index is 2280. The number of para-hydroxylation sites is 2. The van der Waals surface area contributed by atoms with E-state index in [2.05, 4.69) is 156 Å². The van der Waals surface area contributed by atoms with E-state index in [0.717, 1.165) is 0 Å². The molecule has 190 valence electrons. The standard InChI is InChI=1S/C40H25N/c1-2-11-30(12-3-1)41-37-17-5-4-13-35(37)40-31(14-8-18-38(40)41)27-21-19-26(20-22-27)29-23-24-32-33-15-6-9-28-10-7-16-34(39(28)33)36(32)25-29/h1-25H. The van der Waals surface area contributed by atoms with Gasteiger partial charge in [0, 0.05) is 16.5 Å². The molecule has 7 aromatic carbocycles. The van der Waals surface area contributed by atoms with Crippen LogP contribution in [-0.4, -0.2) is 4.57 Å². The molecule has 1 aromatic heterocycles. The van der Waals surface area contributed by atoms with Gasteiger partial charge in [-0.15, -0.1) is 0 Å². The Hall–Kier alpha value is -5.40. The molecule has 1 nitrogen and oxygen atoms in total. The Kier molecular flexibility index (Phi) is 4.67. The van der Waals surface area contributed by atoms with E-state index in [9.17, 15) is 0 Å². The van der Waals surface area contributed by atoms with Crippen molar-refractivity contribution in [1.29, 1.82) is 0 Å². The molecule has 0 amide bonds. The quantitative estimate of drug-likeness (QED) is 0.219. The number of nitrogens with zero attached hydrogens (tertiary/aromatic N) is 1. The minimum atomic E-state index is 1.18. The van der Waals surface area contributed by atoms with Crippen molar-refractivity contribution in [3.63, 3.8) is 0 Å². The van der Waals surface area contributed by atoms with Gasteiger partial charge >= 0.3 is 0 Å². The maximum Gasteiger partial charge on any atom is 0.0547 e. The predicted molar refractivity (Wildman–Crippen MR) is 174 cm³/mol. The molecule has 0 radical (unpaired) electrons. The first-order chi connectivity index (χ1) is 20.3. The SMILES string of the molecule is c1ccc(-n2c3ccccc3c3c(-c4ccc(-c5ccc6c(c5)-c5cccc7cccc-6c57)cc4)cccc32)cc1. The molecule has 0 bridgehead atoms. The number of fused-ring (bicyclic) bond motifs is 6. The molecular formula is C40H25N. The van der Waals surface area contributed by atoms with E-state index >= 15 is 0 Å². The van der Waals surface area contributed by atoms with Crippen molar-refractivity contribution in [3.05, 3.63) is 152 Å². The molecule has 0 fully saturated rings. The molecule has 1 heterocycles. The minimum Gasteiger partial charge on any atom is -0.309 e. The van der Waals surface area contributed by atoms with Crippen LogP contribution >= 0.6 is 0 Å². The average Bonchev–Trinajstić information content (AvgIpc) is 3.56. The Morgan fingerprint density at radius 2 is 0.976 bits per heavy atom. The van der Waals surface area contributed by atoms with Gasteiger partial charge in [-0.25, -0.2) is 0 Å². The monoisotopic (exact) mass is 519 g/mol. The molecule has 1 heteroatoms. The van der Waals surface area contributed by atoms with Crippen LogP contribution in [0.15, 0.2) is 152 Å². The van der Waals surface area contributed by atoms with Crippen LogP contribution in [0.4, 0.5) is 0 Å². The third-order valence-electron chi connectivity index (χ3n) is 8.75. The third-order valence-corrected chi connectivity index (χ3v) is 8.75. The van der Waals surface area contributed by atoms with Gasteiger partial charge in [0.1, 0.15) is 0 Å². The zero-order valence-corrected chi connectivity index (χ0v) is 22.4. The van der Waals surface area contributed by atoms with Crippen molar-refractivity contribution < 1.29 is 0 Å². The molecule has 1 aliphatic rings. The van der Waals surface area contributed by atoms with Crippen LogP contribution in [0.3, 0.4) is 0 Å². The minimum absolute atomic E-state index is 1.18. The highest BCUT2D eigenvalue weighted by atomic mass is 15.0. The lowest BCUT2D eigenvalue weighted by Gasteiger charge is -2.10. The Morgan fingerprint density at radius 3 is 1.80 bits per heavy atom. The summed E-state index contributed by atoms with van der Waals surface area (Å²) in [6.07, 6.45) is 0. The van der Waals surface area contributed by atoms with Crippen LogP contribution < -0.4 is 0 Å². The molecule has 8 aromatic rings. The molecule has 0 N–H and O–H groups in total. The fraction of sp³-hybridized carbons (Fsp3) is 0. The van der Waals surface area contributed by atoms with Crippen LogP contribution in [0.2, 0.25) is 0 Å². The van der Waals surface area contributed by atoms with Gasteiger partial charge < -0.3 is 4.57 Å². The van der Waals surface area contributed by atoms with Crippen LogP contribution in [0.25, 0.3) is 82.8 Å². The fourth-order valence-corrected chi connectivity index (χ4v) is 6.93. The highest BCUT2D eigenvalue weighted by Gasteiger charge is 2.21. The van der Waals surface area contributed by atoms with Crippen LogP contribution in [0.5, 0.6) is 0 Å². The van der Waals surface area contributed by atoms with Gasteiger partial charge in [-0.1, -0.05) is 121 Å². The topological polar surface area (TPSA) is 4.93 Å². The van der Waals surface area contributed by atoms with E-state index in [0.29, 0.717) is 0 Å². The first-order valence-corrected chi connectivity index (χ1v) is 14.2. The van der Waals surface area contributed by atoms with Gasteiger partial charge in [0.15, 0.2) is 0 Å². The molecule has 0 spiro atoms. The maximum absolute atomic E-state index is 2.38. The summed E-state index contributed by atoms with van der Waals surface area (Å²) in [7, 11) is 0. The molecule has 0 unspecified atom stereocenters. The summed E-state index contributed by atoms with van der Waals surface area (Å²) in [5.74, 6) is 0. The molecule has 9 rings (SSSR count). The summed E-state index contributed by atoms with van der Waals surface area (Å²) in [5, 5.41) is 5.26. The normalized spacial score (nSPS) is 11.9. The molecule has 0 saturated carbocycles. The molecular weight excluding hydrogens is 494 g/mol. The lowest BCUT2D eigenvalue weighted by atomic mass is 9.95. The second kappa shape index (κ2) is 8.55. The van der Waals surface area contributed by atoms with Crippen molar-refractivity contribution in [2.45, 2.75) is 0 Å². The first kappa shape index (κ1) is 22.4. The lowest BCUT2D eigenvalue weighted by Crippen LogP contribution is -1.92. The van der Waals surface area contributed by atoms with Crippen molar-refractivity contribution in [2.24, 2.45) is 0 Å². The van der Waals surface area contributed by atoms with E-state index in [1.807, 2.05) is 0 Å². The van der Waals surface area contributed by atoms with Crippen LogP contribution in [0.1, 0.15) is 0 Å². The Labute approximate surface area is 238 Å². The average molecular weight is 520 g/mol. The van der Waals surface area contributed by atoms with E-state index in [4.69, 9.17) is 0 Å². The maximum atomic E-state index is 2.38. The molecule has 0 atom stereocenters. The van der Waals surface area contributed by atoms with E-state index in [1.165, 1.54) is 82.8 Å². The molecule has 0 aliphatic heterocycles. The van der Waals surface area contributed by atoms with E-state index < -0.39 is 0 Å². The summed E-state index contributed by atoms with van der Waals surface area (Å²) in [6.45, 7) is 0. The van der Waals surface area contributed by atoms with Crippen LogP contribution in [-0.2, 0) is 0 Å². The number of rotatable bonds is 3. The Morgan fingerprint density at radius 1 is 0.341 bits per heavy atom. The lowest BCUT2D eigenvalue weighted by molar-refractivity contribution is 1.18. The second-order valence-electron chi connectivity index (χ2n) is 10.9. The predicted octanol–water partition coefficient (Wildman–Crippen LogP) is 10.9. The van der Waals surface area contributed by atoms with E-state index in [1.54, 1.807) is 0 Å². The van der Waals surface area contributed by atoms with Crippen molar-refractivity contribution in [3.8, 4) is 50.2 Å². The van der Waals surface area contributed by atoms with Crippen LogP contribution in [0, 0.1) is 0 Å². The zero-order valence-electron chi connectivity index (χ0n) is 22.4. The number of aromatic nitrogens is 1.